The fourth-order valence-electron chi connectivity index (χ4n) is 2.57. The number of hydrogen-bond donors (Lipinski definition) is 1. The Morgan fingerprint density at radius 2 is 1.95 bits per heavy atom. The third-order valence-electron chi connectivity index (χ3n) is 3.74. The molecule has 3 rings (SSSR count). The first-order valence-electron chi connectivity index (χ1n) is 6.75. The van der Waals surface area contributed by atoms with Crippen molar-refractivity contribution in [2.24, 2.45) is 5.73 Å². The molecule has 2 aromatic rings. The van der Waals surface area contributed by atoms with Crippen LogP contribution in [-0.2, 0) is 11.2 Å². The molecule has 114 valence electrons. The van der Waals surface area contributed by atoms with Gasteiger partial charge >= 0.3 is 0 Å². The third kappa shape index (κ3) is 2.70. The number of anilines is 2. The molecule has 0 unspecified atom stereocenters. The number of fused-ring (bicyclic) bond motifs is 1. The summed E-state index contributed by atoms with van der Waals surface area (Å²) in [7, 11) is 0. The first-order valence-corrected chi connectivity index (χ1v) is 7.51. The van der Waals surface area contributed by atoms with E-state index in [0.29, 0.717) is 27.0 Å². The highest BCUT2D eigenvalue weighted by Crippen LogP contribution is 2.35. The minimum Gasteiger partial charge on any atom is -0.339 e. The topological polar surface area (TPSA) is 46.3 Å². The summed E-state index contributed by atoms with van der Waals surface area (Å²) in [6.07, 6.45) is -0.0129. The van der Waals surface area contributed by atoms with Crippen LogP contribution in [0, 0.1) is 5.82 Å². The average Bonchev–Trinajstić information content (AvgIpc) is 2.61. The van der Waals surface area contributed by atoms with Gasteiger partial charge in [0.05, 0.1) is 16.1 Å². The summed E-state index contributed by atoms with van der Waals surface area (Å²) >= 11 is 12.0. The Hall–Kier alpha value is -1.62. The van der Waals surface area contributed by atoms with Crippen molar-refractivity contribution in [1.82, 2.24) is 0 Å². The van der Waals surface area contributed by atoms with Crippen molar-refractivity contribution in [3.8, 4) is 0 Å². The van der Waals surface area contributed by atoms with E-state index in [9.17, 15) is 9.18 Å². The van der Waals surface area contributed by atoms with Crippen LogP contribution in [0.2, 0.25) is 10.0 Å². The highest BCUT2D eigenvalue weighted by Gasteiger charge is 2.28. The molecule has 0 amide bonds. The summed E-state index contributed by atoms with van der Waals surface area (Å²) in [4.78, 5) is 13.9. The van der Waals surface area contributed by atoms with Gasteiger partial charge in [-0.2, -0.15) is 0 Å². The van der Waals surface area contributed by atoms with Gasteiger partial charge in [0.15, 0.2) is 5.78 Å². The third-order valence-corrected chi connectivity index (χ3v) is 4.48. The van der Waals surface area contributed by atoms with Gasteiger partial charge in [-0.15, -0.1) is 0 Å². The SMILES string of the molecule is N[C@H]1CN(c2ccc(Cl)c(Cl)c2)c2cccc(F)c2CC1=O. The molecule has 0 aliphatic carbocycles. The van der Waals surface area contributed by atoms with Crippen LogP contribution in [0.3, 0.4) is 0 Å². The van der Waals surface area contributed by atoms with Crippen LogP contribution in [-0.4, -0.2) is 18.4 Å². The van der Waals surface area contributed by atoms with Crippen molar-refractivity contribution in [3.63, 3.8) is 0 Å². The number of hydrogen-bond acceptors (Lipinski definition) is 3. The molecule has 0 aromatic heterocycles. The van der Waals surface area contributed by atoms with E-state index in [0.717, 1.165) is 0 Å². The molecular formula is C16H13Cl2FN2O. The van der Waals surface area contributed by atoms with Gasteiger partial charge in [0.25, 0.3) is 0 Å². The average molecular weight is 339 g/mol. The minimum atomic E-state index is -0.693. The standard InChI is InChI=1S/C16H13Cl2FN2O/c17-11-5-4-9(6-12(11)18)21-8-14(20)16(22)7-10-13(19)2-1-3-15(10)21/h1-6,14H,7-8,20H2/t14-/m0/s1. The second-order valence-corrected chi connectivity index (χ2v) is 6.01. The predicted molar refractivity (Wildman–Crippen MR) is 86.6 cm³/mol. The van der Waals surface area contributed by atoms with Gasteiger partial charge < -0.3 is 10.6 Å². The Morgan fingerprint density at radius 3 is 2.68 bits per heavy atom. The molecule has 0 radical (unpaired) electrons. The normalized spacial score (nSPS) is 18.1. The van der Waals surface area contributed by atoms with Crippen molar-refractivity contribution < 1.29 is 9.18 Å². The van der Waals surface area contributed by atoms with Gasteiger partial charge in [0.2, 0.25) is 0 Å². The van der Waals surface area contributed by atoms with Crippen LogP contribution < -0.4 is 10.6 Å². The number of Topliss-reactive ketones (excluding diaryl/α,β-unsaturated/α-hetero) is 1. The van der Waals surface area contributed by atoms with Gasteiger partial charge in [0.1, 0.15) is 5.82 Å². The van der Waals surface area contributed by atoms with E-state index in [-0.39, 0.29) is 18.7 Å². The summed E-state index contributed by atoms with van der Waals surface area (Å²) in [5.41, 5.74) is 7.62. The van der Waals surface area contributed by atoms with Crippen molar-refractivity contribution in [3.05, 3.63) is 57.8 Å². The summed E-state index contributed by atoms with van der Waals surface area (Å²) < 4.78 is 14.1. The van der Waals surface area contributed by atoms with Gasteiger partial charge in [-0.25, -0.2) is 4.39 Å². The number of halogens is 3. The Labute approximate surface area is 137 Å². The van der Waals surface area contributed by atoms with Gasteiger partial charge in [-0.05, 0) is 30.3 Å². The van der Waals surface area contributed by atoms with Crippen LogP contribution in [0.1, 0.15) is 5.56 Å². The lowest BCUT2D eigenvalue weighted by Gasteiger charge is -2.26. The number of carbonyl (C=O) groups is 1. The molecule has 1 atom stereocenters. The first-order chi connectivity index (χ1) is 10.5. The molecule has 1 heterocycles. The molecule has 0 saturated heterocycles. The van der Waals surface area contributed by atoms with Crippen LogP contribution in [0.5, 0.6) is 0 Å². The molecule has 3 nitrogen and oxygen atoms in total. The Kier molecular flexibility index (Phi) is 4.08. The minimum absolute atomic E-state index is 0.0129. The smallest absolute Gasteiger partial charge is 0.155 e. The van der Waals surface area contributed by atoms with Crippen LogP contribution in [0.25, 0.3) is 0 Å². The Balaban J connectivity index is 2.16. The van der Waals surface area contributed by atoms with Crippen LogP contribution in [0.4, 0.5) is 15.8 Å². The second-order valence-electron chi connectivity index (χ2n) is 5.20. The molecule has 0 saturated carbocycles. The largest absolute Gasteiger partial charge is 0.339 e. The lowest BCUT2D eigenvalue weighted by atomic mass is 10.0. The van der Waals surface area contributed by atoms with Crippen molar-refractivity contribution in [1.29, 1.82) is 0 Å². The highest BCUT2D eigenvalue weighted by molar-refractivity contribution is 6.42. The van der Waals surface area contributed by atoms with Crippen molar-refractivity contribution in [2.75, 3.05) is 11.4 Å². The summed E-state index contributed by atoms with van der Waals surface area (Å²) in [6.45, 7) is 0.257. The number of benzene rings is 2. The van der Waals surface area contributed by atoms with Gasteiger partial charge in [-0.3, -0.25) is 4.79 Å². The lowest BCUT2D eigenvalue weighted by molar-refractivity contribution is -0.119. The molecule has 1 aliphatic heterocycles. The van der Waals surface area contributed by atoms with Crippen molar-refractivity contribution >= 4 is 40.4 Å². The fraction of sp³-hybridized carbons (Fsp3) is 0.188. The van der Waals surface area contributed by atoms with Crippen LogP contribution >= 0.6 is 23.2 Å². The molecule has 2 aromatic carbocycles. The molecule has 0 fully saturated rings. The maximum Gasteiger partial charge on any atom is 0.155 e. The van der Waals surface area contributed by atoms with E-state index in [1.54, 1.807) is 35.2 Å². The molecule has 2 N–H and O–H groups in total. The molecule has 0 spiro atoms. The maximum atomic E-state index is 14.1. The molecule has 22 heavy (non-hydrogen) atoms. The monoisotopic (exact) mass is 338 g/mol. The van der Waals surface area contributed by atoms with E-state index < -0.39 is 11.9 Å². The summed E-state index contributed by atoms with van der Waals surface area (Å²) in [5.74, 6) is -0.598. The van der Waals surface area contributed by atoms with E-state index >= 15 is 0 Å². The first kappa shape index (κ1) is 15.3. The van der Waals surface area contributed by atoms with E-state index in [1.165, 1.54) is 6.07 Å². The second kappa shape index (κ2) is 5.88. The van der Waals surface area contributed by atoms with E-state index in [4.69, 9.17) is 28.9 Å². The van der Waals surface area contributed by atoms with Crippen LogP contribution in [0.15, 0.2) is 36.4 Å². The number of rotatable bonds is 1. The van der Waals surface area contributed by atoms with E-state index in [2.05, 4.69) is 0 Å². The molecule has 6 heteroatoms. The summed E-state index contributed by atoms with van der Waals surface area (Å²) in [5, 5.41) is 0.821. The lowest BCUT2D eigenvalue weighted by Crippen LogP contribution is -2.39. The fourth-order valence-corrected chi connectivity index (χ4v) is 2.87. The zero-order chi connectivity index (χ0) is 15.9. The van der Waals surface area contributed by atoms with E-state index in [1.807, 2.05) is 0 Å². The maximum absolute atomic E-state index is 14.1. The quantitative estimate of drug-likeness (QED) is 0.861. The highest BCUT2D eigenvalue weighted by atomic mass is 35.5. The number of ketones is 1. The number of nitrogens with zero attached hydrogens (tertiary/aromatic N) is 1. The Bertz CT molecular complexity index is 751. The van der Waals surface area contributed by atoms with Gasteiger partial charge in [-0.1, -0.05) is 29.3 Å². The number of carbonyl (C=O) groups excluding carboxylic acids is 1. The predicted octanol–water partition coefficient (Wildman–Crippen LogP) is 3.72. The summed E-state index contributed by atoms with van der Waals surface area (Å²) in [6, 6.07) is 9.15. The zero-order valence-corrected chi connectivity index (χ0v) is 13.0. The molecular weight excluding hydrogens is 326 g/mol. The van der Waals surface area contributed by atoms with Crippen molar-refractivity contribution in [2.45, 2.75) is 12.5 Å². The zero-order valence-electron chi connectivity index (χ0n) is 11.5. The molecule has 1 aliphatic rings. The Morgan fingerprint density at radius 1 is 1.18 bits per heavy atom. The molecule has 0 bridgehead atoms. The van der Waals surface area contributed by atoms with Gasteiger partial charge in [0, 0.05) is 29.9 Å². The number of nitrogens with two attached hydrogens (primary N) is 1.